The van der Waals surface area contributed by atoms with Gasteiger partial charge in [-0.2, -0.15) is 0 Å². The first kappa shape index (κ1) is 44.8. The normalized spacial score (nSPS) is 15.4. The van der Waals surface area contributed by atoms with Crippen molar-refractivity contribution < 1.29 is 38.0 Å². The number of hydrogen-bond donors (Lipinski definition) is 3. The van der Waals surface area contributed by atoms with Gasteiger partial charge in [-0.25, -0.2) is 0 Å². The van der Waals surface area contributed by atoms with Crippen molar-refractivity contribution in [2.75, 3.05) is 120 Å². The highest BCUT2D eigenvalue weighted by Crippen LogP contribution is 2.35. The van der Waals surface area contributed by atoms with Crippen LogP contribution in [0.15, 0.2) is 97.6 Å². The van der Waals surface area contributed by atoms with Crippen molar-refractivity contribution in [3.63, 3.8) is 0 Å². The summed E-state index contributed by atoms with van der Waals surface area (Å²) in [5.74, 6) is 1.66. The van der Waals surface area contributed by atoms with E-state index in [9.17, 15) is 9.59 Å². The Morgan fingerprint density at radius 1 is 0.746 bits per heavy atom. The van der Waals surface area contributed by atoms with E-state index in [0.717, 1.165) is 62.1 Å². The van der Waals surface area contributed by atoms with Gasteiger partial charge in [0.05, 0.1) is 63.2 Å². The van der Waals surface area contributed by atoms with Gasteiger partial charge >= 0.3 is 0 Å². The Balaban J connectivity index is 1.12. The molecule has 2 heterocycles. The lowest BCUT2D eigenvalue weighted by Gasteiger charge is -2.28. The van der Waals surface area contributed by atoms with Gasteiger partial charge in [-0.15, -0.1) is 6.58 Å². The Morgan fingerprint density at radius 2 is 1.40 bits per heavy atom. The van der Waals surface area contributed by atoms with Crippen LogP contribution < -0.4 is 35.1 Å². The summed E-state index contributed by atoms with van der Waals surface area (Å²) in [6.07, 6.45) is 2.25. The molecule has 5 aromatic carbocycles. The number of carbonyl (C=O) groups excluding carboxylic acids is 2. The average Bonchev–Trinajstić information content (AvgIpc) is 3.28. The number of benzene rings is 5. The topological polar surface area (TPSA) is 132 Å². The van der Waals surface area contributed by atoms with Crippen LogP contribution in [0.25, 0.3) is 10.8 Å². The minimum Gasteiger partial charge on any atom is -0.490 e. The van der Waals surface area contributed by atoms with Gasteiger partial charge in [0.2, 0.25) is 0 Å². The first-order valence-corrected chi connectivity index (χ1v) is 21.7. The number of nitrogens with one attached hydrogen (secondary N) is 3. The van der Waals surface area contributed by atoms with E-state index in [1.165, 1.54) is 4.90 Å². The zero-order valence-electron chi connectivity index (χ0n) is 36.6. The van der Waals surface area contributed by atoms with Gasteiger partial charge in [-0.05, 0) is 91.6 Å². The molecule has 0 saturated heterocycles. The molecular formula is C50H59N5O8. The molecule has 13 heteroatoms. The van der Waals surface area contributed by atoms with Gasteiger partial charge in [0.15, 0.2) is 0 Å². The van der Waals surface area contributed by atoms with Crippen molar-refractivity contribution in [1.29, 1.82) is 0 Å². The van der Waals surface area contributed by atoms with Crippen LogP contribution in [0.3, 0.4) is 0 Å². The Hall–Kier alpha value is -6.28. The molecule has 7 rings (SSSR count). The predicted octanol–water partition coefficient (Wildman–Crippen LogP) is 7.75. The maximum Gasteiger partial charge on any atom is 0.261 e. The number of aryl methyl sites for hydroxylation is 2. The number of methoxy groups -OCH3 is 1. The van der Waals surface area contributed by atoms with Gasteiger partial charge < -0.3 is 49.3 Å². The lowest BCUT2D eigenvalue weighted by molar-refractivity contribution is 0.0557. The highest BCUT2D eigenvalue weighted by atomic mass is 16.5. The molecule has 332 valence electrons. The minimum absolute atomic E-state index is 0.160. The number of ether oxygens (including phenoxy) is 6. The number of anilines is 4. The number of carbonyl (C=O) groups is 2. The predicted molar refractivity (Wildman–Crippen MR) is 250 cm³/mol. The van der Waals surface area contributed by atoms with Crippen molar-refractivity contribution in [2.24, 2.45) is 0 Å². The standard InChI is InChI=1S/C50H59N5O8/c1-5-21-55-49(56)39-8-6-7-38-41(15-12-40(48(38)39)50(55)57)51-18-17-37-11-16-44(47(34-37)63-31-28-58-4)54-22-26-61-45-32-35(2)9-13-42(45)52-19-24-59-29-30-60-25-20-53-43-14-10-36(3)33-46(43)62-27-23-54/h5-16,32-34,51-53H,1,17-31H2,2-4H3. The Labute approximate surface area is 370 Å². The molecule has 5 aromatic rings. The van der Waals surface area contributed by atoms with Crippen LogP contribution in [-0.2, 0) is 20.6 Å². The van der Waals surface area contributed by atoms with Crippen LogP contribution in [0.2, 0.25) is 0 Å². The summed E-state index contributed by atoms with van der Waals surface area (Å²) in [6.45, 7) is 14.7. The quantitative estimate of drug-likeness (QED) is 0.0682. The van der Waals surface area contributed by atoms with E-state index in [1.807, 2.05) is 30.3 Å². The van der Waals surface area contributed by atoms with E-state index in [0.29, 0.717) is 109 Å². The summed E-state index contributed by atoms with van der Waals surface area (Å²) in [7, 11) is 1.66. The molecule has 0 aliphatic carbocycles. The first-order valence-electron chi connectivity index (χ1n) is 21.7. The third kappa shape index (κ3) is 11.4. The smallest absolute Gasteiger partial charge is 0.261 e. The Bertz CT molecular complexity index is 2280. The third-order valence-corrected chi connectivity index (χ3v) is 10.9. The highest BCUT2D eigenvalue weighted by Gasteiger charge is 2.32. The number of imide groups is 1. The van der Waals surface area contributed by atoms with Crippen LogP contribution in [-0.4, -0.2) is 116 Å². The Morgan fingerprint density at radius 3 is 2.03 bits per heavy atom. The van der Waals surface area contributed by atoms with Crippen molar-refractivity contribution in [3.8, 4) is 17.2 Å². The van der Waals surface area contributed by atoms with Crippen LogP contribution in [0, 0.1) is 13.8 Å². The molecule has 2 amide bonds. The lowest BCUT2D eigenvalue weighted by atomic mass is 9.93. The molecule has 0 unspecified atom stereocenters. The zero-order chi connectivity index (χ0) is 44.0. The highest BCUT2D eigenvalue weighted by molar-refractivity contribution is 6.26. The average molecular weight is 858 g/mol. The number of amides is 2. The van der Waals surface area contributed by atoms with Crippen LogP contribution in [0.4, 0.5) is 22.7 Å². The molecule has 0 fully saturated rings. The Kier molecular flexibility index (Phi) is 15.8. The fraction of sp³-hybridized carbons (Fsp3) is 0.360. The molecule has 0 bridgehead atoms. The maximum atomic E-state index is 13.3. The third-order valence-electron chi connectivity index (χ3n) is 10.9. The second-order valence-corrected chi connectivity index (χ2v) is 15.5. The second-order valence-electron chi connectivity index (χ2n) is 15.5. The molecule has 13 nitrogen and oxygen atoms in total. The molecule has 0 aromatic heterocycles. The molecule has 2 aliphatic heterocycles. The van der Waals surface area contributed by atoms with Gasteiger partial charge in [0, 0.05) is 60.9 Å². The number of nitrogens with zero attached hydrogens (tertiary/aromatic N) is 2. The maximum absolute atomic E-state index is 13.3. The molecule has 2 aliphatic rings. The molecule has 0 spiro atoms. The second kappa shape index (κ2) is 22.2. The largest absolute Gasteiger partial charge is 0.490 e. The minimum atomic E-state index is -0.310. The summed E-state index contributed by atoms with van der Waals surface area (Å²) >= 11 is 0. The van der Waals surface area contributed by atoms with Crippen LogP contribution in [0.1, 0.15) is 37.4 Å². The molecule has 0 saturated carbocycles. The monoisotopic (exact) mass is 857 g/mol. The summed E-state index contributed by atoms with van der Waals surface area (Å²) in [5, 5.41) is 12.0. The summed E-state index contributed by atoms with van der Waals surface area (Å²) in [5.41, 5.74) is 7.89. The number of hydrogen-bond acceptors (Lipinski definition) is 12. The molecule has 0 radical (unpaired) electrons. The van der Waals surface area contributed by atoms with Crippen LogP contribution >= 0.6 is 0 Å². The number of rotatable bonds is 11. The molecular weight excluding hydrogens is 799 g/mol. The van der Waals surface area contributed by atoms with E-state index >= 15 is 0 Å². The van der Waals surface area contributed by atoms with E-state index in [-0.39, 0.29) is 18.4 Å². The van der Waals surface area contributed by atoms with Crippen molar-refractivity contribution >= 4 is 45.3 Å². The van der Waals surface area contributed by atoms with Gasteiger partial charge in [0.25, 0.3) is 11.8 Å². The zero-order valence-corrected chi connectivity index (χ0v) is 36.6. The first-order chi connectivity index (χ1) is 30.8. The van der Waals surface area contributed by atoms with Gasteiger partial charge in [-0.3, -0.25) is 14.5 Å². The van der Waals surface area contributed by atoms with Crippen molar-refractivity contribution in [2.45, 2.75) is 20.3 Å². The fourth-order valence-corrected chi connectivity index (χ4v) is 7.77. The van der Waals surface area contributed by atoms with Gasteiger partial charge in [0.1, 0.15) is 37.1 Å². The summed E-state index contributed by atoms with van der Waals surface area (Å²) < 4.78 is 36.5. The molecule has 0 atom stereocenters. The van der Waals surface area contributed by atoms with Crippen LogP contribution in [0.5, 0.6) is 17.2 Å². The summed E-state index contributed by atoms with van der Waals surface area (Å²) in [4.78, 5) is 30.1. The van der Waals surface area contributed by atoms with E-state index in [1.54, 1.807) is 25.3 Å². The SMILES string of the molecule is C=CCN1C(=O)c2cccc3c(NCCc4ccc(N5CCOc6cc(C)ccc6NCCOCCOCCNc6ccc(C)cc6OCC5)c(OCCOC)c4)ccc(c23)C1=O. The van der Waals surface area contributed by atoms with E-state index in [2.05, 4.69) is 83.7 Å². The van der Waals surface area contributed by atoms with Crippen molar-refractivity contribution in [1.82, 2.24) is 4.90 Å². The number of fused-ring (bicyclic) bond motifs is 2. The summed E-state index contributed by atoms with van der Waals surface area (Å²) in [6, 6.07) is 28.0. The fourth-order valence-electron chi connectivity index (χ4n) is 7.77. The lowest BCUT2D eigenvalue weighted by Crippen LogP contribution is -2.40. The molecule has 63 heavy (non-hydrogen) atoms. The molecule has 3 N–H and O–H groups in total. The van der Waals surface area contributed by atoms with Gasteiger partial charge in [-0.1, -0.05) is 36.4 Å². The van der Waals surface area contributed by atoms with E-state index in [4.69, 9.17) is 28.4 Å². The van der Waals surface area contributed by atoms with E-state index < -0.39 is 0 Å². The van der Waals surface area contributed by atoms with Crippen molar-refractivity contribution in [3.05, 3.63) is 125 Å².